The summed E-state index contributed by atoms with van der Waals surface area (Å²) in [5, 5.41) is 2.75. The average molecular weight is 360 g/mol. The Balaban J connectivity index is 2.31. The molecule has 0 radical (unpaired) electrons. The van der Waals surface area contributed by atoms with Crippen LogP contribution in [0.1, 0.15) is 25.0 Å². The van der Waals surface area contributed by atoms with Crippen LogP contribution in [-0.4, -0.2) is 31.2 Å². The molecule has 1 amide bonds. The fraction of sp³-hybridized carbons (Fsp3) is 0.316. The maximum Gasteiger partial charge on any atom is 0.243 e. The quantitative estimate of drug-likeness (QED) is 0.825. The zero-order chi connectivity index (χ0) is 18.4. The number of carbonyl (C=O) groups excluding carboxylic acids is 1. The van der Waals surface area contributed by atoms with Crippen molar-refractivity contribution in [1.29, 1.82) is 0 Å². The summed E-state index contributed by atoms with van der Waals surface area (Å²) < 4.78 is 27.2. The van der Waals surface area contributed by atoms with Crippen LogP contribution in [0.4, 0.5) is 0 Å². The lowest BCUT2D eigenvalue weighted by molar-refractivity contribution is -0.121. The zero-order valence-electron chi connectivity index (χ0n) is 14.8. The van der Waals surface area contributed by atoms with E-state index in [2.05, 4.69) is 5.32 Å². The molecule has 0 spiro atoms. The number of benzene rings is 2. The van der Waals surface area contributed by atoms with E-state index in [0.717, 1.165) is 11.1 Å². The molecule has 0 aromatic heterocycles. The van der Waals surface area contributed by atoms with E-state index in [-0.39, 0.29) is 29.9 Å². The first kappa shape index (κ1) is 19.1. The van der Waals surface area contributed by atoms with E-state index < -0.39 is 10.0 Å². The molecule has 2 rings (SSSR count). The van der Waals surface area contributed by atoms with Crippen molar-refractivity contribution in [2.75, 3.05) is 6.54 Å². The maximum atomic E-state index is 13.0. The Labute approximate surface area is 149 Å². The fourth-order valence-electron chi connectivity index (χ4n) is 2.39. The lowest BCUT2D eigenvalue weighted by Gasteiger charge is -2.22. The first-order valence-electron chi connectivity index (χ1n) is 8.19. The van der Waals surface area contributed by atoms with Crippen molar-refractivity contribution in [3.05, 3.63) is 65.7 Å². The zero-order valence-corrected chi connectivity index (χ0v) is 15.6. The highest BCUT2D eigenvalue weighted by molar-refractivity contribution is 7.89. The summed E-state index contributed by atoms with van der Waals surface area (Å²) in [5.41, 5.74) is 1.93. The molecule has 1 N–H and O–H groups in total. The van der Waals surface area contributed by atoms with E-state index in [1.165, 1.54) is 16.4 Å². The van der Waals surface area contributed by atoms with Gasteiger partial charge in [-0.3, -0.25) is 4.79 Å². The topological polar surface area (TPSA) is 66.5 Å². The highest BCUT2D eigenvalue weighted by Gasteiger charge is 2.26. The number of sulfonamides is 1. The molecule has 6 heteroatoms. The van der Waals surface area contributed by atoms with Gasteiger partial charge in [-0.25, -0.2) is 8.42 Å². The SMILES string of the molecule is Cc1ccc(CN(CC(=O)NC(C)C)S(=O)(=O)c2ccccc2)cc1. The van der Waals surface area contributed by atoms with Crippen molar-refractivity contribution in [1.82, 2.24) is 9.62 Å². The number of nitrogens with zero attached hydrogens (tertiary/aromatic N) is 1. The molecule has 0 unspecified atom stereocenters. The molecule has 2 aromatic carbocycles. The van der Waals surface area contributed by atoms with Gasteiger partial charge < -0.3 is 5.32 Å². The number of carbonyl (C=O) groups is 1. The Kier molecular flexibility index (Phi) is 6.33. The van der Waals surface area contributed by atoms with Gasteiger partial charge in [0.15, 0.2) is 0 Å². The molecule has 0 heterocycles. The predicted octanol–water partition coefficient (Wildman–Crippen LogP) is 2.71. The van der Waals surface area contributed by atoms with Crippen molar-refractivity contribution in [3.8, 4) is 0 Å². The molecule has 134 valence electrons. The van der Waals surface area contributed by atoms with Crippen molar-refractivity contribution in [3.63, 3.8) is 0 Å². The Morgan fingerprint density at radius 2 is 1.64 bits per heavy atom. The van der Waals surface area contributed by atoms with Gasteiger partial charge in [0.05, 0.1) is 11.4 Å². The van der Waals surface area contributed by atoms with Gasteiger partial charge >= 0.3 is 0 Å². The van der Waals surface area contributed by atoms with Gasteiger partial charge in [-0.2, -0.15) is 4.31 Å². The Hall–Kier alpha value is -2.18. The van der Waals surface area contributed by atoms with Crippen LogP contribution in [0.5, 0.6) is 0 Å². The molecule has 5 nitrogen and oxygen atoms in total. The van der Waals surface area contributed by atoms with E-state index in [9.17, 15) is 13.2 Å². The minimum Gasteiger partial charge on any atom is -0.353 e. The van der Waals surface area contributed by atoms with Crippen LogP contribution in [0.15, 0.2) is 59.5 Å². The summed E-state index contributed by atoms with van der Waals surface area (Å²) in [7, 11) is -3.77. The summed E-state index contributed by atoms with van der Waals surface area (Å²) in [6.07, 6.45) is 0. The normalized spacial score (nSPS) is 11.7. The van der Waals surface area contributed by atoms with Gasteiger partial charge in [0.25, 0.3) is 0 Å². The van der Waals surface area contributed by atoms with Gasteiger partial charge in [-0.15, -0.1) is 0 Å². The Morgan fingerprint density at radius 1 is 1.04 bits per heavy atom. The first-order chi connectivity index (χ1) is 11.8. The second-order valence-corrected chi connectivity index (χ2v) is 8.23. The summed E-state index contributed by atoms with van der Waals surface area (Å²) in [4.78, 5) is 12.3. The van der Waals surface area contributed by atoms with E-state index in [1.807, 2.05) is 45.0 Å². The van der Waals surface area contributed by atoms with Gasteiger partial charge in [0.2, 0.25) is 15.9 Å². The Bertz CT molecular complexity index is 800. The molecular weight excluding hydrogens is 336 g/mol. The highest BCUT2D eigenvalue weighted by Crippen LogP contribution is 2.18. The Morgan fingerprint density at radius 3 is 2.20 bits per heavy atom. The standard InChI is InChI=1S/C19H24N2O3S/c1-15(2)20-19(22)14-21(13-17-11-9-16(3)10-12-17)25(23,24)18-7-5-4-6-8-18/h4-12,15H,13-14H2,1-3H3,(H,20,22). The third kappa shape index (κ3) is 5.41. The molecule has 25 heavy (non-hydrogen) atoms. The maximum absolute atomic E-state index is 13.0. The predicted molar refractivity (Wildman–Crippen MR) is 98.5 cm³/mol. The first-order valence-corrected chi connectivity index (χ1v) is 9.63. The molecular formula is C19H24N2O3S. The summed E-state index contributed by atoms with van der Waals surface area (Å²) >= 11 is 0. The molecule has 0 saturated heterocycles. The summed E-state index contributed by atoms with van der Waals surface area (Å²) in [6.45, 7) is 5.58. The van der Waals surface area contributed by atoms with E-state index in [1.54, 1.807) is 18.2 Å². The molecule has 0 aliphatic carbocycles. The second kappa shape index (κ2) is 8.27. The van der Waals surface area contributed by atoms with E-state index in [4.69, 9.17) is 0 Å². The molecule has 0 saturated carbocycles. The number of hydrogen-bond donors (Lipinski definition) is 1. The highest BCUT2D eigenvalue weighted by atomic mass is 32.2. The fourth-order valence-corrected chi connectivity index (χ4v) is 3.80. The van der Waals surface area contributed by atoms with Crippen LogP contribution < -0.4 is 5.32 Å². The summed E-state index contributed by atoms with van der Waals surface area (Å²) in [5.74, 6) is -0.318. The van der Waals surface area contributed by atoms with Gasteiger partial charge in [0, 0.05) is 12.6 Å². The van der Waals surface area contributed by atoms with Gasteiger partial charge in [0.1, 0.15) is 0 Å². The lowest BCUT2D eigenvalue weighted by Crippen LogP contribution is -2.42. The molecule has 0 aliphatic rings. The average Bonchev–Trinajstić information content (AvgIpc) is 2.56. The van der Waals surface area contributed by atoms with Gasteiger partial charge in [-0.05, 0) is 38.5 Å². The largest absolute Gasteiger partial charge is 0.353 e. The molecule has 2 aromatic rings. The lowest BCUT2D eigenvalue weighted by atomic mass is 10.1. The van der Waals surface area contributed by atoms with E-state index in [0.29, 0.717) is 0 Å². The van der Waals surface area contributed by atoms with Crippen LogP contribution in [0.3, 0.4) is 0 Å². The van der Waals surface area contributed by atoms with Crippen LogP contribution in [-0.2, 0) is 21.4 Å². The van der Waals surface area contributed by atoms with Crippen molar-refractivity contribution in [2.45, 2.75) is 38.3 Å². The van der Waals surface area contributed by atoms with Crippen LogP contribution >= 0.6 is 0 Å². The number of hydrogen-bond acceptors (Lipinski definition) is 3. The van der Waals surface area contributed by atoms with Crippen molar-refractivity contribution in [2.24, 2.45) is 0 Å². The number of amides is 1. The molecule has 0 atom stereocenters. The number of aryl methyl sites for hydroxylation is 1. The van der Waals surface area contributed by atoms with E-state index >= 15 is 0 Å². The monoisotopic (exact) mass is 360 g/mol. The number of nitrogens with one attached hydrogen (secondary N) is 1. The molecule has 0 fully saturated rings. The van der Waals surface area contributed by atoms with Crippen molar-refractivity contribution >= 4 is 15.9 Å². The van der Waals surface area contributed by atoms with Crippen LogP contribution in [0.2, 0.25) is 0 Å². The number of rotatable bonds is 7. The minimum absolute atomic E-state index is 0.0480. The molecule has 0 bridgehead atoms. The van der Waals surface area contributed by atoms with Crippen LogP contribution in [0.25, 0.3) is 0 Å². The summed E-state index contributed by atoms with van der Waals surface area (Å²) in [6, 6.07) is 15.7. The third-order valence-electron chi connectivity index (χ3n) is 3.63. The minimum atomic E-state index is -3.77. The second-order valence-electron chi connectivity index (χ2n) is 6.29. The van der Waals surface area contributed by atoms with Crippen LogP contribution in [0, 0.1) is 6.92 Å². The third-order valence-corrected chi connectivity index (χ3v) is 5.44. The smallest absolute Gasteiger partial charge is 0.243 e. The molecule has 0 aliphatic heterocycles. The van der Waals surface area contributed by atoms with Gasteiger partial charge in [-0.1, -0.05) is 48.0 Å². The van der Waals surface area contributed by atoms with Crippen molar-refractivity contribution < 1.29 is 13.2 Å².